The second kappa shape index (κ2) is 11.7. The van der Waals surface area contributed by atoms with Gasteiger partial charge in [-0.3, -0.25) is 4.79 Å². The predicted octanol–water partition coefficient (Wildman–Crippen LogP) is 4.28. The number of alkyl halides is 5. The largest absolute Gasteiger partial charge is 0.444 e. The highest BCUT2D eigenvalue weighted by Gasteiger charge is 2.41. The van der Waals surface area contributed by atoms with Gasteiger partial charge in [-0.05, 0) is 64.2 Å². The maximum absolute atomic E-state index is 13.7. The molecule has 1 aliphatic rings. The fraction of sp³-hybridized carbons (Fsp3) is 0.696. The van der Waals surface area contributed by atoms with E-state index in [1.54, 1.807) is 33.8 Å². The third-order valence-electron chi connectivity index (χ3n) is 5.79. The quantitative estimate of drug-likeness (QED) is 0.378. The highest BCUT2D eigenvalue weighted by Crippen LogP contribution is 2.37. The summed E-state index contributed by atoms with van der Waals surface area (Å²) in [7, 11) is 0. The molecule has 204 valence electrons. The first-order chi connectivity index (χ1) is 16.5. The van der Waals surface area contributed by atoms with Crippen molar-refractivity contribution in [3.63, 3.8) is 0 Å². The number of carbonyl (C=O) groups excluding carboxylic acids is 2. The van der Waals surface area contributed by atoms with Crippen LogP contribution in [0, 0.1) is 5.92 Å². The number of aromatic nitrogens is 1. The average Bonchev–Trinajstić information content (AvgIpc) is 2.74. The summed E-state index contributed by atoms with van der Waals surface area (Å²) < 4.78 is 70.6. The Hall–Kier alpha value is -2.54. The van der Waals surface area contributed by atoms with E-state index < -0.39 is 73.1 Å². The van der Waals surface area contributed by atoms with Crippen LogP contribution in [-0.4, -0.2) is 53.3 Å². The van der Waals surface area contributed by atoms with Crippen molar-refractivity contribution in [1.82, 2.24) is 15.6 Å². The van der Waals surface area contributed by atoms with E-state index in [0.717, 1.165) is 0 Å². The average molecular weight is 524 g/mol. The monoisotopic (exact) mass is 523 g/mol. The maximum Gasteiger partial charge on any atom is 0.408 e. The van der Waals surface area contributed by atoms with Crippen LogP contribution in [0.15, 0.2) is 18.3 Å². The van der Waals surface area contributed by atoms with E-state index in [1.165, 1.54) is 12.3 Å². The van der Waals surface area contributed by atoms with Crippen LogP contribution in [0.4, 0.5) is 32.6 Å². The van der Waals surface area contributed by atoms with E-state index in [2.05, 4.69) is 20.9 Å². The molecule has 0 aliphatic heterocycles. The lowest BCUT2D eigenvalue weighted by Gasteiger charge is -2.33. The number of anilines is 1. The summed E-state index contributed by atoms with van der Waals surface area (Å²) in [4.78, 5) is 29.5. The van der Waals surface area contributed by atoms with Gasteiger partial charge < -0.3 is 26.4 Å². The lowest BCUT2D eigenvalue weighted by molar-refractivity contribution is -0.146. The molecule has 0 bridgehead atoms. The van der Waals surface area contributed by atoms with Gasteiger partial charge in [0.05, 0.1) is 0 Å². The lowest BCUT2D eigenvalue weighted by atomic mass is 9.81. The Morgan fingerprint density at radius 2 is 1.83 bits per heavy atom. The molecule has 1 saturated carbocycles. The summed E-state index contributed by atoms with van der Waals surface area (Å²) >= 11 is 0. The van der Waals surface area contributed by atoms with Gasteiger partial charge in [0.2, 0.25) is 11.8 Å². The van der Waals surface area contributed by atoms with Gasteiger partial charge >= 0.3 is 12.3 Å². The molecule has 13 heteroatoms. The van der Waals surface area contributed by atoms with Crippen LogP contribution in [0.5, 0.6) is 0 Å². The first-order valence-electron chi connectivity index (χ1n) is 11.7. The summed E-state index contributed by atoms with van der Waals surface area (Å²) in [5.74, 6) is -3.95. The zero-order valence-corrected chi connectivity index (χ0v) is 20.7. The normalized spacial score (nSPS) is 19.2. The van der Waals surface area contributed by atoms with Crippen molar-refractivity contribution in [2.24, 2.45) is 11.7 Å². The molecule has 1 fully saturated rings. The van der Waals surface area contributed by atoms with Crippen LogP contribution in [-0.2, 0) is 9.53 Å². The van der Waals surface area contributed by atoms with Gasteiger partial charge in [0.1, 0.15) is 23.5 Å². The van der Waals surface area contributed by atoms with E-state index in [-0.39, 0.29) is 18.7 Å². The molecular weight excluding hydrogens is 489 g/mol. The molecule has 5 N–H and O–H groups in total. The standard InChI is InChI=1S/C23H34F5N5O3/c1-13(31-12-16(29)23(26,27)28)15-7-10-30-17(11-15)32-19(34)18(33-20(35)36-21(2,3)4)14-5-8-22(24,25)9-6-14/h7,10-11,13-14,16,18,31H,5-6,8-9,12,29H2,1-4H3,(H,33,35)(H,30,32,34)/t13?,16-,18-/m0/s1. The van der Waals surface area contributed by atoms with E-state index >= 15 is 0 Å². The topological polar surface area (TPSA) is 118 Å². The lowest BCUT2D eigenvalue weighted by Crippen LogP contribution is -2.51. The Bertz CT molecular complexity index is 897. The number of carbonyl (C=O) groups is 2. The van der Waals surface area contributed by atoms with Crippen LogP contribution >= 0.6 is 0 Å². The number of halogens is 5. The molecule has 2 amide bonds. The van der Waals surface area contributed by atoms with Crippen molar-refractivity contribution in [2.75, 3.05) is 11.9 Å². The molecule has 0 radical (unpaired) electrons. The molecule has 1 heterocycles. The van der Waals surface area contributed by atoms with Crippen LogP contribution in [0.3, 0.4) is 0 Å². The zero-order chi connectivity index (χ0) is 27.3. The molecule has 8 nitrogen and oxygen atoms in total. The smallest absolute Gasteiger partial charge is 0.408 e. The minimum absolute atomic E-state index is 0.0226. The molecular formula is C23H34F5N5O3. The maximum atomic E-state index is 13.7. The summed E-state index contributed by atoms with van der Waals surface area (Å²) in [6.07, 6.45) is -4.81. The Kier molecular flexibility index (Phi) is 9.63. The number of hydrogen-bond acceptors (Lipinski definition) is 6. The third-order valence-corrected chi connectivity index (χ3v) is 5.79. The van der Waals surface area contributed by atoms with Crippen LogP contribution < -0.4 is 21.7 Å². The number of nitrogens with one attached hydrogen (secondary N) is 3. The predicted molar refractivity (Wildman–Crippen MR) is 123 cm³/mol. The SMILES string of the molecule is CC(NC[C@H](N)C(F)(F)F)c1ccnc(NC(=O)[C@@H](NC(=O)OC(C)(C)C)C2CCC(F)(F)CC2)c1. The number of rotatable bonds is 8. The molecule has 1 aliphatic carbocycles. The third kappa shape index (κ3) is 9.49. The van der Waals surface area contributed by atoms with E-state index in [0.29, 0.717) is 5.56 Å². The van der Waals surface area contributed by atoms with E-state index in [9.17, 15) is 31.5 Å². The van der Waals surface area contributed by atoms with Gasteiger partial charge in [0.25, 0.3) is 0 Å². The number of nitrogens with zero attached hydrogens (tertiary/aromatic N) is 1. The molecule has 0 aromatic carbocycles. The Balaban J connectivity index is 2.12. The first-order valence-corrected chi connectivity index (χ1v) is 11.7. The molecule has 36 heavy (non-hydrogen) atoms. The first kappa shape index (κ1) is 29.7. The number of pyridine rings is 1. The van der Waals surface area contributed by atoms with Crippen molar-refractivity contribution in [1.29, 1.82) is 0 Å². The molecule has 0 saturated heterocycles. The van der Waals surface area contributed by atoms with E-state index in [1.807, 2.05) is 0 Å². The van der Waals surface area contributed by atoms with Crippen molar-refractivity contribution in [3.8, 4) is 0 Å². The van der Waals surface area contributed by atoms with Crippen LogP contribution in [0.1, 0.15) is 65.0 Å². The van der Waals surface area contributed by atoms with E-state index in [4.69, 9.17) is 10.5 Å². The minimum Gasteiger partial charge on any atom is -0.444 e. The molecule has 1 unspecified atom stereocenters. The number of amides is 2. The molecule has 2 rings (SSSR count). The van der Waals surface area contributed by atoms with Crippen molar-refractivity contribution in [3.05, 3.63) is 23.9 Å². The number of hydrogen-bond donors (Lipinski definition) is 4. The summed E-state index contributed by atoms with van der Waals surface area (Å²) in [5, 5.41) is 7.75. The Morgan fingerprint density at radius 1 is 1.22 bits per heavy atom. The van der Waals surface area contributed by atoms with Gasteiger partial charge in [-0.25, -0.2) is 18.6 Å². The molecule has 1 aromatic heterocycles. The van der Waals surface area contributed by atoms with Crippen molar-refractivity contribution in [2.45, 2.75) is 89.2 Å². The Morgan fingerprint density at radius 3 is 2.39 bits per heavy atom. The number of alkyl carbamates (subject to hydrolysis) is 1. The zero-order valence-electron chi connectivity index (χ0n) is 20.7. The fourth-order valence-corrected chi connectivity index (χ4v) is 3.75. The summed E-state index contributed by atoms with van der Waals surface area (Å²) in [6, 6.07) is -0.709. The van der Waals surface area contributed by atoms with Crippen LogP contribution in [0.2, 0.25) is 0 Å². The molecule has 0 spiro atoms. The van der Waals surface area contributed by atoms with Crippen molar-refractivity contribution < 1.29 is 36.3 Å². The molecule has 1 aromatic rings. The number of ether oxygens (including phenoxy) is 1. The minimum atomic E-state index is -4.54. The second-order valence-corrected chi connectivity index (χ2v) is 10.1. The highest BCUT2D eigenvalue weighted by molar-refractivity contribution is 5.96. The summed E-state index contributed by atoms with van der Waals surface area (Å²) in [5.41, 5.74) is 4.82. The number of nitrogens with two attached hydrogens (primary N) is 1. The second-order valence-electron chi connectivity index (χ2n) is 10.1. The van der Waals surface area contributed by atoms with Gasteiger partial charge in [0, 0.05) is 31.6 Å². The fourth-order valence-electron chi connectivity index (χ4n) is 3.75. The van der Waals surface area contributed by atoms with Gasteiger partial charge in [0.15, 0.2) is 0 Å². The Labute approximate surface area is 206 Å². The van der Waals surface area contributed by atoms with Gasteiger partial charge in [-0.2, -0.15) is 13.2 Å². The summed E-state index contributed by atoms with van der Waals surface area (Å²) in [6.45, 7) is 6.06. The highest BCUT2D eigenvalue weighted by atomic mass is 19.4. The van der Waals surface area contributed by atoms with Crippen molar-refractivity contribution >= 4 is 17.8 Å². The van der Waals surface area contributed by atoms with Gasteiger partial charge in [-0.15, -0.1) is 0 Å². The van der Waals surface area contributed by atoms with Gasteiger partial charge in [-0.1, -0.05) is 0 Å². The van der Waals surface area contributed by atoms with Crippen LogP contribution in [0.25, 0.3) is 0 Å². The molecule has 3 atom stereocenters.